The number of ketones is 1. The van der Waals surface area contributed by atoms with Crippen LogP contribution >= 0.6 is 11.6 Å². The molecule has 10 heteroatoms. The Hall–Kier alpha value is -2.16. The van der Waals surface area contributed by atoms with E-state index in [1.54, 1.807) is 6.92 Å². The molecule has 2 rings (SSSR count). The molecule has 0 spiro atoms. The molecular formula is C20H31ClN4O5. The van der Waals surface area contributed by atoms with E-state index in [0.29, 0.717) is 45.1 Å². The summed E-state index contributed by atoms with van der Waals surface area (Å²) >= 11 is 5.50. The van der Waals surface area contributed by atoms with Crippen LogP contribution in [-0.4, -0.2) is 70.9 Å². The van der Waals surface area contributed by atoms with Gasteiger partial charge in [0.25, 0.3) is 0 Å². The maximum absolute atomic E-state index is 13.2. The van der Waals surface area contributed by atoms with Gasteiger partial charge in [-0.05, 0) is 39.5 Å². The van der Waals surface area contributed by atoms with Crippen molar-refractivity contribution in [2.24, 2.45) is 0 Å². The fraction of sp³-hybridized carbons (Fsp3) is 0.750. The first-order valence-corrected chi connectivity index (χ1v) is 11.1. The average Bonchev–Trinajstić information content (AvgIpc) is 3.20. The molecule has 2 aliphatic rings. The molecule has 2 aliphatic heterocycles. The molecule has 0 aromatic rings. The second-order valence-corrected chi connectivity index (χ2v) is 8.25. The molecule has 2 saturated heterocycles. The van der Waals surface area contributed by atoms with Crippen LogP contribution in [-0.2, 0) is 24.0 Å². The summed E-state index contributed by atoms with van der Waals surface area (Å²) in [5, 5.41) is 7.96. The van der Waals surface area contributed by atoms with Gasteiger partial charge < -0.3 is 20.9 Å². The van der Waals surface area contributed by atoms with Gasteiger partial charge in [-0.15, -0.1) is 11.6 Å². The molecule has 0 aromatic carbocycles. The monoisotopic (exact) mass is 442 g/mol. The van der Waals surface area contributed by atoms with E-state index in [-0.39, 0.29) is 23.5 Å². The number of rotatable bonds is 7. The second kappa shape index (κ2) is 11.3. The lowest BCUT2D eigenvalue weighted by atomic mass is 10.0. The van der Waals surface area contributed by atoms with Crippen LogP contribution in [0.3, 0.4) is 0 Å². The highest BCUT2D eigenvalue weighted by atomic mass is 35.5. The number of unbranched alkanes of at least 4 members (excludes halogenated alkanes) is 2. The number of nitrogens with one attached hydrogen (secondary N) is 3. The van der Waals surface area contributed by atoms with Gasteiger partial charge in [0.1, 0.15) is 30.0 Å². The maximum Gasteiger partial charge on any atom is 0.245 e. The summed E-state index contributed by atoms with van der Waals surface area (Å²) in [6.07, 6.45) is 4.00. The Kier molecular flexibility index (Phi) is 9.08. The number of carbonyl (C=O) groups excluding carboxylic acids is 5. The average molecular weight is 443 g/mol. The van der Waals surface area contributed by atoms with Gasteiger partial charge in [-0.1, -0.05) is 12.8 Å². The van der Waals surface area contributed by atoms with Crippen LogP contribution in [0.1, 0.15) is 58.8 Å². The Labute approximate surface area is 181 Å². The zero-order valence-corrected chi connectivity index (χ0v) is 18.3. The van der Waals surface area contributed by atoms with E-state index in [9.17, 15) is 24.0 Å². The molecule has 0 unspecified atom stereocenters. The number of fused-ring (bicyclic) bond motifs is 1. The van der Waals surface area contributed by atoms with E-state index in [0.717, 1.165) is 6.42 Å². The SMILES string of the molecule is C[C@@H]1NC(=O)[C@H](C)NC(=O)[C@@H]2CCCN2C(=O)[C@H](CCCCCC(=O)CCl)NC1=O. The number of halogens is 1. The van der Waals surface area contributed by atoms with Crippen molar-refractivity contribution in [2.75, 3.05) is 12.4 Å². The first-order chi connectivity index (χ1) is 14.2. The van der Waals surface area contributed by atoms with Gasteiger partial charge in [-0.2, -0.15) is 0 Å². The highest BCUT2D eigenvalue weighted by Crippen LogP contribution is 2.21. The van der Waals surface area contributed by atoms with Crippen LogP contribution in [0.5, 0.6) is 0 Å². The lowest BCUT2D eigenvalue weighted by Crippen LogP contribution is -2.60. The minimum atomic E-state index is -0.845. The normalized spacial score (nSPS) is 28.0. The molecule has 4 atom stereocenters. The van der Waals surface area contributed by atoms with E-state index in [4.69, 9.17) is 11.6 Å². The van der Waals surface area contributed by atoms with Crippen LogP contribution in [0.25, 0.3) is 0 Å². The van der Waals surface area contributed by atoms with Crippen LogP contribution in [0.4, 0.5) is 0 Å². The molecule has 4 amide bonds. The van der Waals surface area contributed by atoms with Gasteiger partial charge in [0.2, 0.25) is 23.6 Å². The summed E-state index contributed by atoms with van der Waals surface area (Å²) in [6, 6.07) is -3.09. The van der Waals surface area contributed by atoms with E-state index in [1.807, 2.05) is 0 Å². The third kappa shape index (κ3) is 6.42. The molecule has 0 saturated carbocycles. The van der Waals surface area contributed by atoms with E-state index in [2.05, 4.69) is 16.0 Å². The molecule has 2 heterocycles. The number of alkyl halides is 1. The smallest absolute Gasteiger partial charge is 0.245 e. The van der Waals surface area contributed by atoms with Gasteiger partial charge in [0, 0.05) is 13.0 Å². The second-order valence-electron chi connectivity index (χ2n) is 7.98. The molecule has 0 bridgehead atoms. The van der Waals surface area contributed by atoms with Gasteiger partial charge in [0.05, 0.1) is 5.88 Å². The molecule has 0 aromatic heterocycles. The molecule has 9 nitrogen and oxygen atoms in total. The summed E-state index contributed by atoms with van der Waals surface area (Å²) in [4.78, 5) is 63.5. The minimum Gasteiger partial charge on any atom is -0.343 e. The summed E-state index contributed by atoms with van der Waals surface area (Å²) in [7, 11) is 0. The summed E-state index contributed by atoms with van der Waals surface area (Å²) < 4.78 is 0. The Morgan fingerprint density at radius 3 is 2.27 bits per heavy atom. The van der Waals surface area contributed by atoms with Crippen LogP contribution in [0.2, 0.25) is 0 Å². The Morgan fingerprint density at radius 2 is 1.60 bits per heavy atom. The summed E-state index contributed by atoms with van der Waals surface area (Å²) in [6.45, 7) is 3.51. The Balaban J connectivity index is 2.11. The third-order valence-corrected chi connectivity index (χ3v) is 5.85. The number of carbonyl (C=O) groups is 5. The van der Waals surface area contributed by atoms with Crippen molar-refractivity contribution in [3.05, 3.63) is 0 Å². The van der Waals surface area contributed by atoms with Gasteiger partial charge >= 0.3 is 0 Å². The first-order valence-electron chi connectivity index (χ1n) is 10.5. The first kappa shape index (κ1) is 24.1. The maximum atomic E-state index is 13.2. The number of Topliss-reactive ketones (excluding diaryl/α,β-unsaturated/α-hetero) is 1. The van der Waals surface area contributed by atoms with E-state index >= 15 is 0 Å². The highest BCUT2D eigenvalue weighted by molar-refractivity contribution is 6.27. The molecule has 168 valence electrons. The predicted molar refractivity (Wildman–Crippen MR) is 111 cm³/mol. The zero-order valence-electron chi connectivity index (χ0n) is 17.5. The van der Waals surface area contributed by atoms with Crippen molar-refractivity contribution < 1.29 is 24.0 Å². The summed E-state index contributed by atoms with van der Waals surface area (Å²) in [5.74, 6) is -1.57. The third-order valence-electron chi connectivity index (χ3n) is 5.55. The van der Waals surface area contributed by atoms with Crippen molar-refractivity contribution in [3.8, 4) is 0 Å². The fourth-order valence-corrected chi connectivity index (χ4v) is 3.88. The van der Waals surface area contributed by atoms with E-state index < -0.39 is 36.0 Å². The van der Waals surface area contributed by atoms with Crippen molar-refractivity contribution in [1.29, 1.82) is 0 Å². The zero-order chi connectivity index (χ0) is 22.3. The van der Waals surface area contributed by atoms with Crippen LogP contribution in [0, 0.1) is 0 Å². The molecular weight excluding hydrogens is 412 g/mol. The number of hydrogen-bond donors (Lipinski definition) is 3. The largest absolute Gasteiger partial charge is 0.343 e. The number of amides is 4. The molecule has 0 radical (unpaired) electrons. The standard InChI is InChI=1S/C20H31ClN4O5/c1-12-17(27)22-13(2)18(28)24-15(8-5-3-4-7-14(26)11-21)20(30)25-10-6-9-16(25)19(29)23-12/h12-13,15-16H,3-11H2,1-2H3,(H,22,27)(H,23,29)(H,24,28)/t12-,13-,15-,16-/m0/s1. The molecule has 0 aliphatic carbocycles. The Bertz CT molecular complexity index is 686. The topological polar surface area (TPSA) is 125 Å². The summed E-state index contributed by atoms with van der Waals surface area (Å²) in [5.41, 5.74) is 0. The van der Waals surface area contributed by atoms with Gasteiger partial charge in [0.15, 0.2) is 0 Å². The van der Waals surface area contributed by atoms with Crippen molar-refractivity contribution in [1.82, 2.24) is 20.9 Å². The minimum absolute atomic E-state index is 0.00218. The number of nitrogens with zero attached hydrogens (tertiary/aromatic N) is 1. The van der Waals surface area contributed by atoms with Crippen molar-refractivity contribution >= 4 is 41.0 Å². The fourth-order valence-electron chi connectivity index (χ4n) is 3.75. The lowest BCUT2D eigenvalue weighted by molar-refractivity contribution is -0.143. The number of hydrogen-bond acceptors (Lipinski definition) is 5. The van der Waals surface area contributed by atoms with Crippen molar-refractivity contribution in [2.45, 2.75) is 83.0 Å². The molecule has 2 fully saturated rings. The molecule has 3 N–H and O–H groups in total. The van der Waals surface area contributed by atoms with E-state index in [1.165, 1.54) is 11.8 Å². The van der Waals surface area contributed by atoms with Crippen LogP contribution in [0.15, 0.2) is 0 Å². The van der Waals surface area contributed by atoms with Crippen LogP contribution < -0.4 is 16.0 Å². The molecule has 30 heavy (non-hydrogen) atoms. The van der Waals surface area contributed by atoms with Crippen molar-refractivity contribution in [3.63, 3.8) is 0 Å². The van der Waals surface area contributed by atoms with Gasteiger partial charge in [-0.3, -0.25) is 24.0 Å². The van der Waals surface area contributed by atoms with Gasteiger partial charge in [-0.25, -0.2) is 0 Å². The highest BCUT2D eigenvalue weighted by Gasteiger charge is 2.39. The Morgan fingerprint density at radius 1 is 0.967 bits per heavy atom. The quantitative estimate of drug-likeness (QED) is 0.385. The lowest BCUT2D eigenvalue weighted by Gasteiger charge is -2.31. The predicted octanol–water partition coefficient (Wildman–Crippen LogP) is 0.244.